The van der Waals surface area contributed by atoms with Gasteiger partial charge in [0.25, 0.3) is 0 Å². The van der Waals surface area contributed by atoms with Gasteiger partial charge in [0, 0.05) is 16.7 Å². The number of hydrogen-bond donors (Lipinski definition) is 1. The van der Waals surface area contributed by atoms with E-state index in [-0.39, 0.29) is 23.8 Å². The molecule has 2 aromatic heterocycles. The summed E-state index contributed by atoms with van der Waals surface area (Å²) in [6.45, 7) is 4.15. The van der Waals surface area contributed by atoms with E-state index in [1.165, 1.54) is 11.3 Å². The molecule has 136 valence electrons. The smallest absolute Gasteiger partial charge is 0.246 e. The number of carbonyl (C=O) groups excluding carboxylic acids is 1. The summed E-state index contributed by atoms with van der Waals surface area (Å²) in [5.41, 5.74) is 1.44. The van der Waals surface area contributed by atoms with Crippen LogP contribution in [0, 0.1) is 0 Å². The molecule has 7 heteroatoms. The van der Waals surface area contributed by atoms with Gasteiger partial charge in [-0.25, -0.2) is 0 Å². The number of pyridine rings is 1. The van der Waals surface area contributed by atoms with Crippen LogP contribution in [0.25, 0.3) is 21.8 Å². The van der Waals surface area contributed by atoms with Gasteiger partial charge in [-0.05, 0) is 24.3 Å². The number of carbonyl (C=O) groups is 1. The first-order chi connectivity index (χ1) is 13.0. The molecule has 6 nitrogen and oxygen atoms in total. The molecule has 0 bridgehead atoms. The molecule has 4 aromatic rings. The van der Waals surface area contributed by atoms with Crippen LogP contribution >= 0.6 is 11.3 Å². The minimum atomic E-state index is -0.208. The highest BCUT2D eigenvalue weighted by Crippen LogP contribution is 2.23. The monoisotopic (exact) mass is 378 g/mol. The van der Waals surface area contributed by atoms with Crippen molar-refractivity contribution in [2.75, 3.05) is 5.32 Å². The quantitative estimate of drug-likeness (QED) is 0.549. The van der Waals surface area contributed by atoms with Crippen molar-refractivity contribution in [3.8, 4) is 0 Å². The molecule has 0 saturated carbocycles. The first-order valence-electron chi connectivity index (χ1n) is 8.68. The van der Waals surface area contributed by atoms with Gasteiger partial charge >= 0.3 is 0 Å². The largest absolute Gasteiger partial charge is 0.331 e. The molecule has 0 aliphatic heterocycles. The standard InChI is InChI=1S/C20H18N4O2S/c1-12(2)19-22-23-20(27-19)21-17(25)11-24-15-9-5-3-7-13(15)18(26)14-8-4-6-10-16(14)24/h3-10,12H,11H2,1-2H3,(H,21,23,25). The Morgan fingerprint density at radius 3 is 2.19 bits per heavy atom. The van der Waals surface area contributed by atoms with Crippen LogP contribution in [-0.4, -0.2) is 20.7 Å². The third-order valence-electron chi connectivity index (χ3n) is 4.36. The molecule has 27 heavy (non-hydrogen) atoms. The van der Waals surface area contributed by atoms with Gasteiger partial charge in [0.15, 0.2) is 5.43 Å². The zero-order chi connectivity index (χ0) is 19.0. The van der Waals surface area contributed by atoms with Crippen molar-refractivity contribution in [3.05, 3.63) is 63.8 Å². The predicted octanol–water partition coefficient (Wildman–Crippen LogP) is 3.77. The fourth-order valence-corrected chi connectivity index (χ4v) is 3.83. The third-order valence-corrected chi connectivity index (χ3v) is 5.50. The fourth-order valence-electron chi connectivity index (χ4n) is 3.07. The van der Waals surface area contributed by atoms with Crippen molar-refractivity contribution in [3.63, 3.8) is 0 Å². The molecular formula is C20H18N4O2S. The number of aromatic nitrogens is 3. The molecule has 0 unspecified atom stereocenters. The lowest BCUT2D eigenvalue weighted by Gasteiger charge is -2.14. The number of para-hydroxylation sites is 2. The van der Waals surface area contributed by atoms with E-state index in [1.807, 2.05) is 54.8 Å². The van der Waals surface area contributed by atoms with Crippen LogP contribution < -0.4 is 10.7 Å². The molecule has 0 fully saturated rings. The average molecular weight is 378 g/mol. The minimum absolute atomic E-state index is 0.0245. The van der Waals surface area contributed by atoms with Gasteiger partial charge in [-0.2, -0.15) is 0 Å². The zero-order valence-electron chi connectivity index (χ0n) is 15.0. The van der Waals surface area contributed by atoms with Crippen molar-refractivity contribution < 1.29 is 4.79 Å². The van der Waals surface area contributed by atoms with Crippen molar-refractivity contribution in [1.29, 1.82) is 0 Å². The summed E-state index contributed by atoms with van der Waals surface area (Å²) < 4.78 is 1.87. The Balaban J connectivity index is 1.74. The SMILES string of the molecule is CC(C)c1nnc(NC(=O)Cn2c3ccccc3c(=O)c3ccccc32)s1. The second-order valence-corrected chi connectivity index (χ2v) is 7.61. The first kappa shape index (κ1) is 17.4. The second-order valence-electron chi connectivity index (χ2n) is 6.60. The van der Waals surface area contributed by atoms with E-state index in [0.717, 1.165) is 16.0 Å². The number of rotatable bonds is 4. The highest BCUT2D eigenvalue weighted by Gasteiger charge is 2.15. The topological polar surface area (TPSA) is 76.9 Å². The minimum Gasteiger partial charge on any atom is -0.331 e. The molecule has 1 amide bonds. The van der Waals surface area contributed by atoms with Crippen LogP contribution in [0.5, 0.6) is 0 Å². The number of anilines is 1. The van der Waals surface area contributed by atoms with Crippen LogP contribution in [0.3, 0.4) is 0 Å². The lowest BCUT2D eigenvalue weighted by Crippen LogP contribution is -2.21. The zero-order valence-corrected chi connectivity index (χ0v) is 15.8. The van der Waals surface area contributed by atoms with Crippen LogP contribution in [0.2, 0.25) is 0 Å². The van der Waals surface area contributed by atoms with Crippen LogP contribution in [0.4, 0.5) is 5.13 Å². The Hall–Kier alpha value is -3.06. The number of amides is 1. The van der Waals surface area contributed by atoms with E-state index in [0.29, 0.717) is 15.9 Å². The number of nitrogens with zero attached hydrogens (tertiary/aromatic N) is 3. The molecule has 0 atom stereocenters. The Morgan fingerprint density at radius 2 is 1.63 bits per heavy atom. The maximum atomic E-state index is 12.8. The summed E-state index contributed by atoms with van der Waals surface area (Å²) in [7, 11) is 0. The summed E-state index contributed by atoms with van der Waals surface area (Å²) in [4.78, 5) is 25.4. The van der Waals surface area contributed by atoms with E-state index < -0.39 is 0 Å². The molecule has 4 rings (SSSR count). The summed E-state index contributed by atoms with van der Waals surface area (Å²) in [6, 6.07) is 14.7. The van der Waals surface area contributed by atoms with E-state index in [9.17, 15) is 9.59 Å². The Kier molecular flexibility index (Phi) is 4.45. The second kappa shape index (κ2) is 6.92. The van der Waals surface area contributed by atoms with Crippen LogP contribution in [0.15, 0.2) is 53.3 Å². The number of benzene rings is 2. The van der Waals surface area contributed by atoms with Gasteiger partial charge < -0.3 is 4.57 Å². The van der Waals surface area contributed by atoms with Crippen LogP contribution in [0.1, 0.15) is 24.8 Å². The van der Waals surface area contributed by atoms with Gasteiger partial charge in [0.2, 0.25) is 11.0 Å². The van der Waals surface area contributed by atoms with Gasteiger partial charge in [0.1, 0.15) is 11.6 Å². The fraction of sp³-hybridized carbons (Fsp3) is 0.200. The highest BCUT2D eigenvalue weighted by atomic mass is 32.1. The molecule has 2 aromatic carbocycles. The average Bonchev–Trinajstić information content (AvgIpc) is 3.14. The molecule has 1 N–H and O–H groups in total. The van der Waals surface area contributed by atoms with Crippen molar-refractivity contribution >= 4 is 44.2 Å². The van der Waals surface area contributed by atoms with Crippen molar-refractivity contribution in [2.45, 2.75) is 26.3 Å². The van der Waals surface area contributed by atoms with Crippen molar-refractivity contribution in [2.24, 2.45) is 0 Å². The number of hydrogen-bond acceptors (Lipinski definition) is 5. The van der Waals surface area contributed by atoms with Crippen LogP contribution in [-0.2, 0) is 11.3 Å². The normalized spacial score (nSPS) is 11.4. The maximum Gasteiger partial charge on any atom is 0.246 e. The highest BCUT2D eigenvalue weighted by molar-refractivity contribution is 7.15. The van der Waals surface area contributed by atoms with E-state index in [2.05, 4.69) is 15.5 Å². The van der Waals surface area contributed by atoms with Gasteiger partial charge in [-0.1, -0.05) is 49.4 Å². The molecule has 0 aliphatic rings. The van der Waals surface area contributed by atoms with E-state index in [1.54, 1.807) is 12.1 Å². The van der Waals surface area contributed by atoms with E-state index in [4.69, 9.17) is 0 Å². The number of fused-ring (bicyclic) bond motifs is 2. The first-order valence-corrected chi connectivity index (χ1v) is 9.50. The van der Waals surface area contributed by atoms with Gasteiger partial charge in [-0.15, -0.1) is 10.2 Å². The molecule has 0 radical (unpaired) electrons. The lowest BCUT2D eigenvalue weighted by atomic mass is 10.1. The maximum absolute atomic E-state index is 12.8. The predicted molar refractivity (Wildman–Crippen MR) is 108 cm³/mol. The molecule has 2 heterocycles. The Bertz CT molecular complexity index is 1150. The summed E-state index contributed by atoms with van der Waals surface area (Å²) >= 11 is 1.38. The molecule has 0 saturated heterocycles. The third kappa shape index (κ3) is 3.21. The molecule has 0 aliphatic carbocycles. The van der Waals surface area contributed by atoms with Gasteiger partial charge in [-0.3, -0.25) is 14.9 Å². The lowest BCUT2D eigenvalue weighted by molar-refractivity contribution is -0.116. The Labute approximate surface area is 159 Å². The summed E-state index contributed by atoms with van der Waals surface area (Å²) in [5.74, 6) is 0.0559. The Morgan fingerprint density at radius 1 is 1.04 bits per heavy atom. The summed E-state index contributed by atoms with van der Waals surface area (Å²) in [6.07, 6.45) is 0. The number of nitrogens with one attached hydrogen (secondary N) is 1. The summed E-state index contributed by atoms with van der Waals surface area (Å²) in [5, 5.41) is 13.5. The molecule has 0 spiro atoms. The molecular weight excluding hydrogens is 360 g/mol. The van der Waals surface area contributed by atoms with E-state index >= 15 is 0 Å². The van der Waals surface area contributed by atoms with Gasteiger partial charge in [0.05, 0.1) is 11.0 Å². The van der Waals surface area contributed by atoms with Crippen molar-refractivity contribution in [1.82, 2.24) is 14.8 Å².